The number of carbonyl (C=O) groups excluding carboxylic acids is 1. The lowest BCUT2D eigenvalue weighted by Gasteiger charge is -2.34. The van der Waals surface area contributed by atoms with Crippen LogP contribution in [-0.4, -0.2) is 54.2 Å². The van der Waals surface area contributed by atoms with E-state index in [1.165, 1.54) is 10.5 Å². The number of hydrogen-bond acceptors (Lipinski definition) is 2. The van der Waals surface area contributed by atoms with Crippen molar-refractivity contribution in [1.29, 1.82) is 0 Å². The van der Waals surface area contributed by atoms with Crippen molar-refractivity contribution < 1.29 is 9.69 Å². The third-order valence-corrected chi connectivity index (χ3v) is 4.43. The third-order valence-electron chi connectivity index (χ3n) is 4.07. The molecule has 0 aromatic heterocycles. The van der Waals surface area contributed by atoms with Crippen LogP contribution in [0.5, 0.6) is 0 Å². The number of nitrogens with one attached hydrogen (secondary N) is 3. The molecule has 5 nitrogen and oxygen atoms in total. The highest BCUT2D eigenvalue weighted by Gasteiger charge is 2.25. The number of benzene rings is 1. The highest BCUT2D eigenvalue weighted by atomic mass is 32.1. The summed E-state index contributed by atoms with van der Waals surface area (Å²) in [7, 11) is 0. The number of aryl methyl sites for hydroxylation is 1. The highest BCUT2D eigenvalue weighted by molar-refractivity contribution is 7.80. The lowest BCUT2D eigenvalue weighted by Crippen LogP contribution is -3.16. The summed E-state index contributed by atoms with van der Waals surface area (Å²) in [5, 5.41) is 7.13. The van der Waals surface area contributed by atoms with Crippen LogP contribution in [0.4, 0.5) is 5.69 Å². The summed E-state index contributed by atoms with van der Waals surface area (Å²) in [6, 6.07) is 8.14. The maximum Gasteiger partial charge on any atom is 0.275 e. The number of thiocarbonyl (C=S) groups is 1. The first kappa shape index (κ1) is 18.7. The molecule has 1 aliphatic heterocycles. The minimum atomic E-state index is -0.169. The zero-order valence-corrected chi connectivity index (χ0v) is 15.9. The fourth-order valence-corrected chi connectivity index (χ4v) is 3.09. The Balaban J connectivity index is 1.79. The Bertz CT molecular complexity index is 589. The maximum atomic E-state index is 12.0. The third kappa shape index (κ3) is 5.76. The van der Waals surface area contributed by atoms with Crippen LogP contribution in [0.15, 0.2) is 24.3 Å². The van der Waals surface area contributed by atoms with Gasteiger partial charge in [0.1, 0.15) is 0 Å². The van der Waals surface area contributed by atoms with Gasteiger partial charge >= 0.3 is 0 Å². The molecule has 1 aromatic carbocycles. The molecule has 1 amide bonds. The summed E-state index contributed by atoms with van der Waals surface area (Å²) in [6.07, 6.45) is 0. The van der Waals surface area contributed by atoms with Crippen LogP contribution in [0.2, 0.25) is 0 Å². The van der Waals surface area contributed by atoms with Gasteiger partial charge in [0, 0.05) is 11.2 Å². The molecule has 132 valence electrons. The molecular weight excluding hydrogens is 320 g/mol. The number of amides is 1. The Morgan fingerprint density at radius 1 is 1.25 bits per heavy atom. The smallest absolute Gasteiger partial charge is 0.275 e. The first-order valence-electron chi connectivity index (χ1n) is 8.51. The minimum Gasteiger partial charge on any atom is -0.347 e. The molecule has 0 aliphatic carbocycles. The molecule has 0 atom stereocenters. The molecule has 3 N–H and O–H groups in total. The number of carbonyl (C=O) groups is 1. The predicted molar refractivity (Wildman–Crippen MR) is 102 cm³/mol. The van der Waals surface area contributed by atoms with E-state index < -0.39 is 0 Å². The molecule has 1 heterocycles. The number of anilines is 1. The van der Waals surface area contributed by atoms with Gasteiger partial charge in [0.05, 0.1) is 26.2 Å². The van der Waals surface area contributed by atoms with E-state index in [2.05, 4.69) is 28.5 Å². The summed E-state index contributed by atoms with van der Waals surface area (Å²) < 4.78 is 0. The van der Waals surface area contributed by atoms with E-state index in [9.17, 15) is 4.79 Å². The Morgan fingerprint density at radius 2 is 1.88 bits per heavy atom. The Morgan fingerprint density at radius 3 is 2.46 bits per heavy atom. The van der Waals surface area contributed by atoms with Crippen molar-refractivity contribution in [3.05, 3.63) is 29.8 Å². The number of hydrogen-bond donors (Lipinski definition) is 3. The first-order chi connectivity index (χ1) is 11.2. The lowest BCUT2D eigenvalue weighted by atomic mass is 10.1. The number of piperazine rings is 1. The van der Waals surface area contributed by atoms with Gasteiger partial charge < -0.3 is 20.4 Å². The van der Waals surface area contributed by atoms with Gasteiger partial charge in [-0.15, -0.1) is 0 Å². The molecule has 6 heteroatoms. The number of para-hydroxylation sites is 1. The van der Waals surface area contributed by atoms with Crippen molar-refractivity contribution in [1.82, 2.24) is 10.2 Å². The highest BCUT2D eigenvalue weighted by Crippen LogP contribution is 2.14. The Kier molecular flexibility index (Phi) is 6.18. The number of rotatable bonds is 3. The van der Waals surface area contributed by atoms with E-state index in [1.807, 2.05) is 39.0 Å². The van der Waals surface area contributed by atoms with Gasteiger partial charge in [0.2, 0.25) is 0 Å². The van der Waals surface area contributed by atoms with Crippen molar-refractivity contribution in [2.75, 3.05) is 38.0 Å². The Hall–Kier alpha value is -1.66. The quantitative estimate of drug-likeness (QED) is 0.707. The molecule has 1 aromatic rings. The van der Waals surface area contributed by atoms with E-state index in [1.54, 1.807) is 0 Å². The van der Waals surface area contributed by atoms with E-state index >= 15 is 0 Å². The van der Waals surface area contributed by atoms with Crippen molar-refractivity contribution in [3.8, 4) is 0 Å². The second-order valence-electron chi connectivity index (χ2n) is 7.46. The molecule has 0 unspecified atom stereocenters. The molecule has 1 aliphatic rings. The van der Waals surface area contributed by atoms with Crippen LogP contribution in [0, 0.1) is 6.92 Å². The van der Waals surface area contributed by atoms with Crippen molar-refractivity contribution in [2.45, 2.75) is 33.2 Å². The normalized spacial score (nSPS) is 15.9. The predicted octanol–water partition coefficient (Wildman–Crippen LogP) is 0.807. The van der Waals surface area contributed by atoms with Crippen molar-refractivity contribution in [2.24, 2.45) is 0 Å². The van der Waals surface area contributed by atoms with Crippen molar-refractivity contribution >= 4 is 28.9 Å². The van der Waals surface area contributed by atoms with Crippen LogP contribution in [-0.2, 0) is 4.79 Å². The fourth-order valence-electron chi connectivity index (χ4n) is 2.80. The van der Waals surface area contributed by atoms with Gasteiger partial charge in [-0.3, -0.25) is 4.79 Å². The zero-order valence-electron chi connectivity index (χ0n) is 15.1. The second kappa shape index (κ2) is 7.94. The summed E-state index contributed by atoms with van der Waals surface area (Å²) in [5.41, 5.74) is 2.07. The van der Waals surface area contributed by atoms with Gasteiger partial charge in [-0.05, 0) is 51.5 Å². The SMILES string of the molecule is Cc1ccccc1NC(=S)N1CC[NH+](CC(=O)NC(C)(C)C)CC1. The summed E-state index contributed by atoms with van der Waals surface area (Å²) >= 11 is 5.54. The molecule has 0 saturated carbocycles. The average molecular weight is 350 g/mol. The van der Waals surface area contributed by atoms with Gasteiger partial charge in [-0.1, -0.05) is 18.2 Å². The maximum absolute atomic E-state index is 12.0. The van der Waals surface area contributed by atoms with Crippen LogP contribution >= 0.6 is 12.2 Å². The molecule has 1 fully saturated rings. The zero-order chi connectivity index (χ0) is 17.7. The molecule has 2 rings (SSSR count). The number of nitrogens with zero attached hydrogens (tertiary/aromatic N) is 1. The molecule has 0 radical (unpaired) electrons. The average Bonchev–Trinajstić information content (AvgIpc) is 2.48. The lowest BCUT2D eigenvalue weighted by molar-refractivity contribution is -0.895. The van der Waals surface area contributed by atoms with Crippen LogP contribution < -0.4 is 15.5 Å². The van der Waals surface area contributed by atoms with E-state index in [0.717, 1.165) is 37.0 Å². The van der Waals surface area contributed by atoms with Crippen molar-refractivity contribution in [3.63, 3.8) is 0 Å². The van der Waals surface area contributed by atoms with E-state index in [4.69, 9.17) is 12.2 Å². The van der Waals surface area contributed by atoms with Crippen LogP contribution in [0.25, 0.3) is 0 Å². The monoisotopic (exact) mass is 349 g/mol. The van der Waals surface area contributed by atoms with E-state index in [0.29, 0.717) is 6.54 Å². The van der Waals surface area contributed by atoms with Crippen LogP contribution in [0.1, 0.15) is 26.3 Å². The van der Waals surface area contributed by atoms with E-state index in [-0.39, 0.29) is 11.4 Å². The van der Waals surface area contributed by atoms with Crippen LogP contribution in [0.3, 0.4) is 0 Å². The summed E-state index contributed by atoms with van der Waals surface area (Å²) in [6.45, 7) is 12.2. The second-order valence-corrected chi connectivity index (χ2v) is 7.84. The van der Waals surface area contributed by atoms with Gasteiger partial charge in [0.25, 0.3) is 5.91 Å². The standard InChI is InChI=1S/C18H28N4OS/c1-14-7-5-6-8-15(14)19-17(24)22-11-9-21(10-12-22)13-16(23)20-18(2,3)4/h5-8H,9-13H2,1-4H3,(H,19,24)(H,20,23)/p+1. The molecule has 0 bridgehead atoms. The van der Waals surface area contributed by atoms with Gasteiger partial charge in [0.15, 0.2) is 11.7 Å². The molecule has 0 spiro atoms. The summed E-state index contributed by atoms with van der Waals surface area (Å²) in [5.74, 6) is 0.117. The van der Waals surface area contributed by atoms with Gasteiger partial charge in [-0.2, -0.15) is 0 Å². The first-order valence-corrected chi connectivity index (χ1v) is 8.91. The fraction of sp³-hybridized carbons (Fsp3) is 0.556. The summed E-state index contributed by atoms with van der Waals surface area (Å²) in [4.78, 5) is 15.5. The molecular formula is C18H29N4OS+. The topological polar surface area (TPSA) is 48.8 Å². The minimum absolute atomic E-state index is 0.117. The Labute approximate surface area is 150 Å². The molecule has 24 heavy (non-hydrogen) atoms. The van der Waals surface area contributed by atoms with Gasteiger partial charge in [-0.25, -0.2) is 0 Å². The molecule has 1 saturated heterocycles. The largest absolute Gasteiger partial charge is 0.347 e. The number of quaternary nitrogens is 1.